The summed E-state index contributed by atoms with van der Waals surface area (Å²) in [7, 11) is 0. The fourth-order valence-corrected chi connectivity index (χ4v) is 2.86. The van der Waals surface area contributed by atoms with Gasteiger partial charge in [-0.2, -0.15) is 0 Å². The van der Waals surface area contributed by atoms with E-state index < -0.39 is 0 Å². The number of phenolic OH excluding ortho intramolecular Hbond substituents is 1. The number of thioether (sulfide) groups is 1. The molecule has 2 aromatic carbocycles. The Morgan fingerprint density at radius 3 is 2.64 bits per heavy atom. The molecule has 0 spiro atoms. The third kappa shape index (κ3) is 3.04. The molecule has 0 aliphatic carbocycles. The molecule has 1 amide bonds. The molecule has 0 bridgehead atoms. The predicted octanol–water partition coefficient (Wildman–Crippen LogP) is 3.59. The highest BCUT2D eigenvalue weighted by atomic mass is 32.2. The highest BCUT2D eigenvalue weighted by Crippen LogP contribution is 2.30. The van der Waals surface area contributed by atoms with Gasteiger partial charge in [0.1, 0.15) is 5.75 Å². The summed E-state index contributed by atoms with van der Waals surface area (Å²) >= 11 is 1.27. The maximum atomic E-state index is 12.0. The SMILES string of the molecule is Cc1ccccc1N=C1NC(=O)/C(=C/c2ccccc2O)S1. The minimum atomic E-state index is -0.208. The third-order valence-electron chi connectivity index (χ3n) is 3.21. The smallest absolute Gasteiger partial charge is 0.264 e. The monoisotopic (exact) mass is 310 g/mol. The highest BCUT2D eigenvalue weighted by Gasteiger charge is 2.24. The number of amides is 1. The van der Waals surface area contributed by atoms with Gasteiger partial charge in [0.05, 0.1) is 10.6 Å². The van der Waals surface area contributed by atoms with E-state index in [1.165, 1.54) is 11.8 Å². The van der Waals surface area contributed by atoms with Crippen LogP contribution >= 0.6 is 11.8 Å². The van der Waals surface area contributed by atoms with Gasteiger partial charge in [-0.3, -0.25) is 4.79 Å². The Labute approximate surface area is 132 Å². The van der Waals surface area contributed by atoms with Crippen molar-refractivity contribution in [3.8, 4) is 5.75 Å². The van der Waals surface area contributed by atoms with Gasteiger partial charge in [-0.05, 0) is 42.5 Å². The summed E-state index contributed by atoms with van der Waals surface area (Å²) in [4.78, 5) is 17.0. The van der Waals surface area contributed by atoms with E-state index in [0.717, 1.165) is 11.3 Å². The van der Waals surface area contributed by atoms with Crippen molar-refractivity contribution in [3.05, 3.63) is 64.6 Å². The highest BCUT2D eigenvalue weighted by molar-refractivity contribution is 8.18. The zero-order valence-electron chi connectivity index (χ0n) is 11.9. The number of rotatable bonds is 2. The van der Waals surface area contributed by atoms with Crippen LogP contribution in [0.3, 0.4) is 0 Å². The Bertz CT molecular complexity index is 797. The Balaban J connectivity index is 1.88. The molecule has 1 aliphatic heterocycles. The molecule has 1 fully saturated rings. The number of aryl methyl sites for hydroxylation is 1. The number of hydrogen-bond donors (Lipinski definition) is 2. The Morgan fingerprint density at radius 1 is 1.14 bits per heavy atom. The lowest BCUT2D eigenvalue weighted by Gasteiger charge is -2.00. The lowest BCUT2D eigenvalue weighted by atomic mass is 10.2. The number of aromatic hydroxyl groups is 1. The second kappa shape index (κ2) is 6.07. The Kier molecular flexibility index (Phi) is 3.98. The average molecular weight is 310 g/mol. The molecular weight excluding hydrogens is 296 g/mol. The van der Waals surface area contributed by atoms with Crippen LogP contribution in [0.5, 0.6) is 5.75 Å². The van der Waals surface area contributed by atoms with Crippen LogP contribution < -0.4 is 5.32 Å². The number of nitrogens with zero attached hydrogens (tertiary/aromatic N) is 1. The van der Waals surface area contributed by atoms with Gasteiger partial charge >= 0.3 is 0 Å². The van der Waals surface area contributed by atoms with Crippen molar-refractivity contribution in [2.75, 3.05) is 0 Å². The van der Waals surface area contributed by atoms with Gasteiger partial charge in [0.2, 0.25) is 0 Å². The molecule has 4 nitrogen and oxygen atoms in total. The van der Waals surface area contributed by atoms with E-state index in [-0.39, 0.29) is 11.7 Å². The van der Waals surface area contributed by atoms with E-state index in [0.29, 0.717) is 15.6 Å². The first-order chi connectivity index (χ1) is 10.6. The van der Waals surface area contributed by atoms with Gasteiger partial charge in [-0.15, -0.1) is 0 Å². The number of nitrogens with one attached hydrogen (secondary N) is 1. The summed E-state index contributed by atoms with van der Waals surface area (Å²) in [6.07, 6.45) is 1.66. The van der Waals surface area contributed by atoms with Crippen LogP contribution in [0.1, 0.15) is 11.1 Å². The normalized spacial score (nSPS) is 18.0. The molecule has 22 heavy (non-hydrogen) atoms. The number of amidine groups is 1. The fourth-order valence-electron chi connectivity index (χ4n) is 2.03. The minimum absolute atomic E-state index is 0.146. The minimum Gasteiger partial charge on any atom is -0.507 e. The largest absolute Gasteiger partial charge is 0.507 e. The molecule has 2 aromatic rings. The first kappa shape index (κ1) is 14.4. The molecular formula is C17H14N2O2S. The topological polar surface area (TPSA) is 61.7 Å². The van der Waals surface area contributed by atoms with Gasteiger partial charge in [0.15, 0.2) is 5.17 Å². The van der Waals surface area contributed by atoms with Gasteiger partial charge in [0.25, 0.3) is 5.91 Å². The van der Waals surface area contributed by atoms with E-state index in [2.05, 4.69) is 10.3 Å². The summed E-state index contributed by atoms with van der Waals surface area (Å²) in [5, 5.41) is 13.1. The number of carbonyl (C=O) groups excluding carboxylic acids is 1. The van der Waals surface area contributed by atoms with Gasteiger partial charge < -0.3 is 10.4 Å². The molecule has 1 saturated heterocycles. The molecule has 0 aromatic heterocycles. The van der Waals surface area contributed by atoms with Crippen LogP contribution in [0.15, 0.2) is 58.4 Å². The van der Waals surface area contributed by atoms with E-state index >= 15 is 0 Å². The standard InChI is InChI=1S/C17H14N2O2S/c1-11-6-2-4-8-13(11)18-17-19-16(21)15(22-17)10-12-7-3-5-9-14(12)20/h2-10,20H,1H3,(H,18,19,21)/b15-10-. The molecule has 0 atom stereocenters. The first-order valence-electron chi connectivity index (χ1n) is 6.77. The second-order valence-electron chi connectivity index (χ2n) is 4.83. The molecule has 1 heterocycles. The van der Waals surface area contributed by atoms with Crippen molar-refractivity contribution in [1.82, 2.24) is 5.32 Å². The van der Waals surface area contributed by atoms with Crippen LogP contribution in [0.25, 0.3) is 6.08 Å². The summed E-state index contributed by atoms with van der Waals surface area (Å²) in [6.45, 7) is 1.97. The maximum absolute atomic E-state index is 12.0. The van der Waals surface area contributed by atoms with E-state index in [1.54, 1.807) is 24.3 Å². The van der Waals surface area contributed by atoms with Crippen molar-refractivity contribution in [3.63, 3.8) is 0 Å². The van der Waals surface area contributed by atoms with Crippen molar-refractivity contribution in [2.24, 2.45) is 4.99 Å². The molecule has 3 rings (SSSR count). The molecule has 5 heteroatoms. The number of hydrogen-bond acceptors (Lipinski definition) is 4. The first-order valence-corrected chi connectivity index (χ1v) is 7.58. The van der Waals surface area contributed by atoms with Crippen molar-refractivity contribution >= 4 is 34.6 Å². The number of phenols is 1. The molecule has 0 radical (unpaired) electrons. The van der Waals surface area contributed by atoms with Crippen molar-refractivity contribution in [1.29, 1.82) is 0 Å². The number of para-hydroxylation sites is 2. The average Bonchev–Trinajstić information content (AvgIpc) is 2.84. The van der Waals surface area contributed by atoms with Crippen LogP contribution in [0.4, 0.5) is 5.69 Å². The number of benzene rings is 2. The van der Waals surface area contributed by atoms with E-state index in [1.807, 2.05) is 37.3 Å². The molecule has 0 saturated carbocycles. The molecule has 1 aliphatic rings. The molecule has 0 unspecified atom stereocenters. The van der Waals surface area contributed by atoms with E-state index in [4.69, 9.17) is 0 Å². The summed E-state index contributed by atoms with van der Waals surface area (Å²) in [5.41, 5.74) is 2.48. The van der Waals surface area contributed by atoms with Crippen LogP contribution in [0.2, 0.25) is 0 Å². The van der Waals surface area contributed by atoms with Crippen molar-refractivity contribution < 1.29 is 9.90 Å². The van der Waals surface area contributed by atoms with Crippen LogP contribution in [-0.4, -0.2) is 16.2 Å². The summed E-state index contributed by atoms with van der Waals surface area (Å²) in [5.74, 6) is -0.0618. The van der Waals surface area contributed by atoms with Crippen LogP contribution in [0, 0.1) is 6.92 Å². The van der Waals surface area contributed by atoms with Gasteiger partial charge in [-0.25, -0.2) is 4.99 Å². The number of carbonyl (C=O) groups is 1. The third-order valence-corrected chi connectivity index (χ3v) is 4.12. The molecule has 2 N–H and O–H groups in total. The quantitative estimate of drug-likeness (QED) is 0.833. The zero-order chi connectivity index (χ0) is 15.5. The second-order valence-corrected chi connectivity index (χ2v) is 5.86. The van der Waals surface area contributed by atoms with Gasteiger partial charge in [0, 0.05) is 5.56 Å². The lowest BCUT2D eigenvalue weighted by molar-refractivity contribution is -0.115. The fraction of sp³-hybridized carbons (Fsp3) is 0.0588. The van der Waals surface area contributed by atoms with Crippen LogP contribution in [-0.2, 0) is 4.79 Å². The predicted molar refractivity (Wildman–Crippen MR) is 90.1 cm³/mol. The zero-order valence-corrected chi connectivity index (χ0v) is 12.7. The van der Waals surface area contributed by atoms with E-state index in [9.17, 15) is 9.90 Å². The number of aliphatic imine (C=N–C) groups is 1. The Morgan fingerprint density at radius 2 is 1.86 bits per heavy atom. The lowest BCUT2D eigenvalue weighted by Crippen LogP contribution is -2.19. The van der Waals surface area contributed by atoms with Crippen molar-refractivity contribution in [2.45, 2.75) is 6.92 Å². The molecule has 110 valence electrons. The summed E-state index contributed by atoms with van der Waals surface area (Å²) in [6, 6.07) is 14.6. The maximum Gasteiger partial charge on any atom is 0.264 e. The summed E-state index contributed by atoms with van der Waals surface area (Å²) < 4.78 is 0. The van der Waals surface area contributed by atoms with Gasteiger partial charge in [-0.1, -0.05) is 36.4 Å². The Hall–Kier alpha value is -2.53.